The lowest BCUT2D eigenvalue weighted by Crippen LogP contribution is -2.43. The van der Waals surface area contributed by atoms with E-state index in [4.69, 9.17) is 14.4 Å². The molecule has 0 radical (unpaired) electrons. The summed E-state index contributed by atoms with van der Waals surface area (Å²) in [7, 11) is 0. The zero-order valence-electron chi connectivity index (χ0n) is 36.2. The molecule has 1 atom stereocenters. The summed E-state index contributed by atoms with van der Waals surface area (Å²) in [6, 6.07) is 82.1. The maximum atomic E-state index is 7.17. The van der Waals surface area contributed by atoms with E-state index in [0.717, 1.165) is 66.4 Å². The molecule has 312 valence electrons. The molecule has 4 nitrogen and oxygen atoms in total. The van der Waals surface area contributed by atoms with Crippen molar-refractivity contribution in [2.24, 2.45) is 9.98 Å². The number of para-hydroxylation sites is 1. The first-order chi connectivity index (χ1) is 33.2. The zero-order valence-corrected chi connectivity index (χ0v) is 36.2. The van der Waals surface area contributed by atoms with Gasteiger partial charge in [0, 0.05) is 27.5 Å². The van der Waals surface area contributed by atoms with Gasteiger partial charge in [0.15, 0.2) is 5.84 Å². The number of furan rings is 1. The number of fused-ring (bicyclic) bond motifs is 21. The highest BCUT2D eigenvalue weighted by molar-refractivity contribution is 6.18. The van der Waals surface area contributed by atoms with Crippen LogP contribution in [0.1, 0.15) is 67.4 Å². The van der Waals surface area contributed by atoms with Gasteiger partial charge in [0.1, 0.15) is 23.2 Å². The van der Waals surface area contributed by atoms with E-state index in [1.807, 2.05) is 0 Å². The lowest BCUT2D eigenvalue weighted by Gasteiger charge is -2.48. The molecule has 0 saturated carbocycles. The van der Waals surface area contributed by atoms with Gasteiger partial charge in [0.2, 0.25) is 0 Å². The summed E-state index contributed by atoms with van der Waals surface area (Å²) in [4.78, 5) is 10.7. The van der Waals surface area contributed by atoms with E-state index in [1.54, 1.807) is 0 Å². The first kappa shape index (κ1) is 36.7. The Morgan fingerprint density at radius 2 is 0.970 bits per heavy atom. The van der Waals surface area contributed by atoms with E-state index >= 15 is 0 Å². The van der Waals surface area contributed by atoms with Crippen molar-refractivity contribution in [1.29, 1.82) is 0 Å². The molecule has 0 saturated heterocycles. The molecule has 0 amide bonds. The molecule has 15 rings (SSSR count). The molecule has 0 fully saturated rings. The van der Waals surface area contributed by atoms with Crippen LogP contribution in [0.25, 0.3) is 55.0 Å². The Labute approximate surface area is 387 Å². The van der Waals surface area contributed by atoms with Crippen molar-refractivity contribution < 1.29 is 4.42 Å². The molecule has 10 aromatic carbocycles. The van der Waals surface area contributed by atoms with Crippen molar-refractivity contribution in [3.8, 4) is 22.3 Å². The second-order valence-corrected chi connectivity index (χ2v) is 18.3. The SMILES string of the molecule is c1ccc(C2N=C(c3cccc4ccccc34)N=C(c3ccc4c(c3)-c3ccc5c(oc6ccccc65)c3C43c4ccccc4C4(c5ccccc5-c5ccccc54)c4ccccc43)N2)cc1. The molecule has 4 heteroatoms. The maximum Gasteiger partial charge on any atom is 0.160 e. The molecule has 2 heterocycles. The fourth-order valence-electron chi connectivity index (χ4n) is 12.6. The van der Waals surface area contributed by atoms with E-state index in [0.29, 0.717) is 5.84 Å². The summed E-state index contributed by atoms with van der Waals surface area (Å²) >= 11 is 0. The molecular formula is C63H39N3O. The van der Waals surface area contributed by atoms with E-state index in [1.165, 1.54) is 55.6 Å². The lowest BCUT2D eigenvalue weighted by atomic mass is 9.52. The third kappa shape index (κ3) is 4.71. The number of nitrogens with one attached hydrogen (secondary N) is 1. The number of hydrogen-bond donors (Lipinski definition) is 1. The largest absolute Gasteiger partial charge is 0.456 e. The maximum absolute atomic E-state index is 7.17. The van der Waals surface area contributed by atoms with Crippen molar-refractivity contribution >= 4 is 44.4 Å². The number of amidine groups is 2. The molecule has 1 N–H and O–H groups in total. The van der Waals surface area contributed by atoms with Gasteiger partial charge in [0.25, 0.3) is 0 Å². The zero-order chi connectivity index (χ0) is 43.8. The molecular weight excluding hydrogens is 815 g/mol. The predicted molar refractivity (Wildman–Crippen MR) is 271 cm³/mol. The molecule has 1 unspecified atom stereocenters. The summed E-state index contributed by atoms with van der Waals surface area (Å²) in [5, 5.41) is 8.31. The molecule has 11 aromatic rings. The van der Waals surface area contributed by atoms with Crippen LogP contribution in [0.2, 0.25) is 0 Å². The van der Waals surface area contributed by atoms with Crippen LogP contribution in [0.5, 0.6) is 0 Å². The van der Waals surface area contributed by atoms with Crippen LogP contribution in [0, 0.1) is 0 Å². The van der Waals surface area contributed by atoms with Crippen molar-refractivity contribution in [3.63, 3.8) is 0 Å². The third-order valence-corrected chi connectivity index (χ3v) is 15.2. The van der Waals surface area contributed by atoms with Crippen molar-refractivity contribution in [3.05, 3.63) is 286 Å². The molecule has 1 aromatic heterocycles. The highest BCUT2D eigenvalue weighted by Gasteiger charge is 2.59. The first-order valence-corrected chi connectivity index (χ1v) is 23.2. The van der Waals surface area contributed by atoms with Crippen LogP contribution in [-0.4, -0.2) is 11.7 Å². The highest BCUT2D eigenvalue weighted by Crippen LogP contribution is 2.68. The van der Waals surface area contributed by atoms with Crippen LogP contribution in [0.15, 0.2) is 239 Å². The Hall–Kier alpha value is -8.60. The smallest absolute Gasteiger partial charge is 0.160 e. The second-order valence-electron chi connectivity index (χ2n) is 18.3. The number of hydrogen-bond acceptors (Lipinski definition) is 4. The lowest BCUT2D eigenvalue weighted by molar-refractivity contribution is 0.614. The number of aliphatic imine (C=N–C) groups is 2. The van der Waals surface area contributed by atoms with Crippen molar-refractivity contribution in [2.75, 3.05) is 0 Å². The molecule has 3 aliphatic carbocycles. The normalized spacial score (nSPS) is 16.4. The number of nitrogens with zero attached hydrogens (tertiary/aromatic N) is 2. The number of benzene rings is 10. The Morgan fingerprint density at radius 1 is 0.403 bits per heavy atom. The van der Waals surface area contributed by atoms with Crippen LogP contribution in [-0.2, 0) is 10.8 Å². The summed E-state index contributed by atoms with van der Waals surface area (Å²) in [6.07, 6.45) is -0.338. The van der Waals surface area contributed by atoms with Gasteiger partial charge in [-0.15, -0.1) is 0 Å². The Balaban J connectivity index is 1.03. The molecule has 1 aliphatic heterocycles. The molecule has 4 aliphatic rings. The minimum Gasteiger partial charge on any atom is -0.456 e. The molecule has 67 heavy (non-hydrogen) atoms. The summed E-state index contributed by atoms with van der Waals surface area (Å²) in [5.74, 6) is 1.49. The van der Waals surface area contributed by atoms with Gasteiger partial charge in [-0.25, -0.2) is 9.98 Å². The summed E-state index contributed by atoms with van der Waals surface area (Å²) < 4.78 is 7.17. The Bertz CT molecular complexity index is 3890. The quantitative estimate of drug-likeness (QED) is 0.192. The Kier molecular flexibility index (Phi) is 7.38. The highest BCUT2D eigenvalue weighted by atomic mass is 16.3. The van der Waals surface area contributed by atoms with Crippen molar-refractivity contribution in [1.82, 2.24) is 5.32 Å². The van der Waals surface area contributed by atoms with E-state index in [-0.39, 0.29) is 6.17 Å². The minimum atomic E-state index is -0.731. The van der Waals surface area contributed by atoms with Gasteiger partial charge in [0.05, 0.1) is 10.8 Å². The van der Waals surface area contributed by atoms with Crippen LogP contribution >= 0.6 is 0 Å². The van der Waals surface area contributed by atoms with E-state index in [2.05, 4.69) is 230 Å². The Morgan fingerprint density at radius 3 is 1.70 bits per heavy atom. The summed E-state index contributed by atoms with van der Waals surface area (Å²) in [5.41, 5.74) is 18.7. The van der Waals surface area contributed by atoms with Crippen LogP contribution in [0.3, 0.4) is 0 Å². The first-order valence-electron chi connectivity index (χ1n) is 23.2. The van der Waals surface area contributed by atoms with Crippen molar-refractivity contribution in [2.45, 2.75) is 17.0 Å². The van der Waals surface area contributed by atoms with Gasteiger partial charge >= 0.3 is 0 Å². The van der Waals surface area contributed by atoms with Gasteiger partial charge in [-0.1, -0.05) is 206 Å². The fourth-order valence-corrected chi connectivity index (χ4v) is 12.6. The van der Waals surface area contributed by atoms with Crippen LogP contribution in [0.4, 0.5) is 0 Å². The molecule has 2 spiro atoms. The topological polar surface area (TPSA) is 49.9 Å². The average Bonchev–Trinajstić information content (AvgIpc) is 4.03. The standard InChI is InChI=1S/C63H39N3O/c1-2-18-39(19-3-1)59-64-60(66-61(65-59)47-25-16-20-38-17-4-5-21-41(38)47)40-33-36-51-48(37-40)45-34-35-46-44-24-8-15-32-56(44)67-58(46)57(45)63(51)54-30-13-11-28-52(54)62(53-29-12-14-31-55(53)63)49-26-9-6-22-42(49)43-23-7-10-27-50(43)62/h1-37,59H,(H,64,65,66). The third-order valence-electron chi connectivity index (χ3n) is 15.2. The van der Waals surface area contributed by atoms with Gasteiger partial charge < -0.3 is 9.73 Å². The predicted octanol–water partition coefficient (Wildman–Crippen LogP) is 14.3. The fraction of sp³-hybridized carbons (Fsp3) is 0.0476. The van der Waals surface area contributed by atoms with E-state index in [9.17, 15) is 0 Å². The number of rotatable bonds is 3. The van der Waals surface area contributed by atoms with Crippen LogP contribution < -0.4 is 5.32 Å². The average molecular weight is 854 g/mol. The monoisotopic (exact) mass is 853 g/mol. The minimum absolute atomic E-state index is 0.338. The summed E-state index contributed by atoms with van der Waals surface area (Å²) in [6.45, 7) is 0. The van der Waals surface area contributed by atoms with Gasteiger partial charge in [-0.05, 0) is 95.7 Å². The van der Waals surface area contributed by atoms with E-state index < -0.39 is 10.8 Å². The van der Waals surface area contributed by atoms with Gasteiger partial charge in [-0.3, -0.25) is 0 Å². The molecule has 0 bridgehead atoms. The van der Waals surface area contributed by atoms with Gasteiger partial charge in [-0.2, -0.15) is 0 Å². The second kappa shape index (κ2) is 13.5.